The number of methoxy groups -OCH3 is 1. The minimum absolute atomic E-state index is 0.0794. The van der Waals surface area contributed by atoms with Crippen LogP contribution >= 0.6 is 27.7 Å². The van der Waals surface area contributed by atoms with E-state index in [9.17, 15) is 4.79 Å². The number of thioether (sulfide) groups is 1. The van der Waals surface area contributed by atoms with E-state index in [1.807, 2.05) is 50.2 Å². The van der Waals surface area contributed by atoms with Gasteiger partial charge in [0.15, 0.2) is 5.78 Å². The van der Waals surface area contributed by atoms with Crippen LogP contribution in [0.15, 0.2) is 45.8 Å². The van der Waals surface area contributed by atoms with Gasteiger partial charge in [-0.15, -0.1) is 11.8 Å². The van der Waals surface area contributed by atoms with Crippen molar-refractivity contribution in [3.8, 4) is 5.75 Å². The monoisotopic (exact) mass is 364 g/mol. The molecular formula is C17H17BrO2S. The molecule has 2 nitrogen and oxygen atoms in total. The number of benzene rings is 2. The largest absolute Gasteiger partial charge is 0.496 e. The summed E-state index contributed by atoms with van der Waals surface area (Å²) in [5.74, 6) is 1.16. The second kappa shape index (κ2) is 7.14. The summed E-state index contributed by atoms with van der Waals surface area (Å²) < 4.78 is 6.42. The van der Waals surface area contributed by atoms with Crippen LogP contribution < -0.4 is 4.74 Å². The number of halogens is 1. The van der Waals surface area contributed by atoms with Gasteiger partial charge < -0.3 is 4.74 Å². The molecule has 4 heteroatoms. The molecule has 0 heterocycles. The Hall–Kier alpha value is -1.26. The molecule has 110 valence electrons. The summed E-state index contributed by atoms with van der Waals surface area (Å²) in [5.41, 5.74) is 2.80. The Bertz CT molecular complexity index is 668. The van der Waals surface area contributed by atoms with Gasteiger partial charge in [-0.2, -0.15) is 0 Å². The predicted molar refractivity (Wildman–Crippen MR) is 91.7 cm³/mol. The molecule has 2 aromatic carbocycles. The van der Waals surface area contributed by atoms with E-state index in [2.05, 4.69) is 15.9 Å². The van der Waals surface area contributed by atoms with Crippen LogP contribution in [0.25, 0.3) is 0 Å². The van der Waals surface area contributed by atoms with E-state index in [1.165, 1.54) is 11.8 Å². The van der Waals surface area contributed by atoms with Crippen molar-refractivity contribution in [2.24, 2.45) is 0 Å². The lowest BCUT2D eigenvalue weighted by Crippen LogP contribution is -2.07. The minimum Gasteiger partial charge on any atom is -0.496 e. The number of rotatable bonds is 5. The van der Waals surface area contributed by atoms with E-state index in [0.29, 0.717) is 17.1 Å². The normalized spacial score (nSPS) is 10.5. The lowest BCUT2D eigenvalue weighted by atomic mass is 10.0. The van der Waals surface area contributed by atoms with Crippen molar-refractivity contribution in [1.82, 2.24) is 0 Å². The van der Waals surface area contributed by atoms with Crippen LogP contribution in [0.4, 0.5) is 0 Å². The lowest BCUT2D eigenvalue weighted by Gasteiger charge is -2.12. The summed E-state index contributed by atoms with van der Waals surface area (Å²) in [5, 5.41) is 0. The van der Waals surface area contributed by atoms with E-state index < -0.39 is 0 Å². The molecule has 0 fully saturated rings. The van der Waals surface area contributed by atoms with Crippen molar-refractivity contribution < 1.29 is 9.53 Å². The molecule has 0 aliphatic rings. The zero-order chi connectivity index (χ0) is 15.4. The van der Waals surface area contributed by atoms with Gasteiger partial charge in [-0.1, -0.05) is 18.2 Å². The number of Topliss-reactive ketones (excluding diaryl/α,β-unsaturated/α-hetero) is 1. The molecule has 0 radical (unpaired) electrons. The highest BCUT2D eigenvalue weighted by molar-refractivity contribution is 9.10. The smallest absolute Gasteiger partial charge is 0.176 e. The zero-order valence-electron chi connectivity index (χ0n) is 12.3. The van der Waals surface area contributed by atoms with Crippen molar-refractivity contribution in [1.29, 1.82) is 0 Å². The molecule has 0 bridgehead atoms. The number of ether oxygens (including phenoxy) is 1. The van der Waals surface area contributed by atoms with Gasteiger partial charge in [0.1, 0.15) is 5.75 Å². The molecule has 0 saturated heterocycles. The average molecular weight is 365 g/mol. The fourth-order valence-electron chi connectivity index (χ4n) is 2.06. The highest BCUT2D eigenvalue weighted by Crippen LogP contribution is 2.30. The van der Waals surface area contributed by atoms with Gasteiger partial charge in [-0.05, 0) is 59.1 Å². The van der Waals surface area contributed by atoms with Crippen molar-refractivity contribution in [3.05, 3.63) is 57.6 Å². The predicted octanol–water partition coefficient (Wildman–Crippen LogP) is 5.05. The van der Waals surface area contributed by atoms with Gasteiger partial charge in [-0.3, -0.25) is 4.79 Å². The molecule has 2 rings (SSSR count). The van der Waals surface area contributed by atoms with Gasteiger partial charge in [0.05, 0.1) is 18.4 Å². The summed E-state index contributed by atoms with van der Waals surface area (Å²) in [4.78, 5) is 13.5. The van der Waals surface area contributed by atoms with Crippen LogP contribution in [-0.4, -0.2) is 18.6 Å². The third kappa shape index (κ3) is 3.69. The molecule has 0 aliphatic carbocycles. The molecular weight excluding hydrogens is 348 g/mol. The van der Waals surface area contributed by atoms with Crippen LogP contribution in [0.5, 0.6) is 5.75 Å². The van der Waals surface area contributed by atoms with Crippen LogP contribution in [0.2, 0.25) is 0 Å². The Morgan fingerprint density at radius 3 is 2.57 bits per heavy atom. The first-order valence-corrected chi connectivity index (χ1v) is 8.37. The molecule has 0 aromatic heterocycles. The lowest BCUT2D eigenvalue weighted by molar-refractivity contribution is 0.101. The summed E-state index contributed by atoms with van der Waals surface area (Å²) in [6, 6.07) is 11.7. The Morgan fingerprint density at radius 2 is 1.90 bits per heavy atom. The van der Waals surface area contributed by atoms with Crippen LogP contribution in [0.1, 0.15) is 21.5 Å². The number of carbonyl (C=O) groups is 1. The van der Waals surface area contributed by atoms with Crippen molar-refractivity contribution in [2.45, 2.75) is 18.7 Å². The maximum absolute atomic E-state index is 12.5. The van der Waals surface area contributed by atoms with Crippen molar-refractivity contribution in [3.63, 3.8) is 0 Å². The van der Waals surface area contributed by atoms with Crippen LogP contribution in [0, 0.1) is 13.8 Å². The second-order valence-corrected chi connectivity index (χ2v) is 6.60. The quantitative estimate of drug-likeness (QED) is 0.548. The molecule has 0 amide bonds. The highest BCUT2D eigenvalue weighted by Gasteiger charge is 2.16. The molecule has 0 atom stereocenters. The summed E-state index contributed by atoms with van der Waals surface area (Å²) in [6.07, 6.45) is 0. The van der Waals surface area contributed by atoms with Crippen LogP contribution in [0.3, 0.4) is 0 Å². The number of hydrogen-bond donors (Lipinski definition) is 0. The first-order chi connectivity index (χ1) is 10.0. The molecule has 0 unspecified atom stereocenters. The van der Waals surface area contributed by atoms with E-state index in [-0.39, 0.29) is 5.78 Å². The number of carbonyl (C=O) groups excluding carboxylic acids is 1. The topological polar surface area (TPSA) is 26.3 Å². The summed E-state index contributed by atoms with van der Waals surface area (Å²) in [7, 11) is 1.61. The number of hydrogen-bond acceptors (Lipinski definition) is 3. The fraction of sp³-hybridized carbons (Fsp3) is 0.235. The maximum Gasteiger partial charge on any atom is 0.176 e. The Labute approximate surface area is 138 Å². The van der Waals surface area contributed by atoms with E-state index in [1.54, 1.807) is 7.11 Å². The van der Waals surface area contributed by atoms with Gasteiger partial charge in [0.25, 0.3) is 0 Å². The molecule has 0 saturated carbocycles. The van der Waals surface area contributed by atoms with E-state index in [4.69, 9.17) is 4.74 Å². The minimum atomic E-state index is 0.0794. The SMILES string of the molecule is COc1c(C(=O)CSc2ccccc2Br)ccc(C)c1C. The second-order valence-electron chi connectivity index (χ2n) is 4.73. The van der Waals surface area contributed by atoms with E-state index in [0.717, 1.165) is 20.5 Å². The number of ketones is 1. The highest BCUT2D eigenvalue weighted by atomic mass is 79.9. The van der Waals surface area contributed by atoms with E-state index >= 15 is 0 Å². The summed E-state index contributed by atoms with van der Waals surface area (Å²) >= 11 is 5.02. The van der Waals surface area contributed by atoms with Gasteiger partial charge in [0, 0.05) is 9.37 Å². The van der Waals surface area contributed by atoms with Gasteiger partial charge >= 0.3 is 0 Å². The van der Waals surface area contributed by atoms with Gasteiger partial charge in [-0.25, -0.2) is 0 Å². The van der Waals surface area contributed by atoms with Crippen molar-refractivity contribution >= 4 is 33.5 Å². The average Bonchev–Trinajstić information content (AvgIpc) is 2.48. The molecule has 0 aliphatic heterocycles. The molecule has 21 heavy (non-hydrogen) atoms. The first-order valence-electron chi connectivity index (χ1n) is 6.59. The third-order valence-corrected chi connectivity index (χ3v) is 5.40. The van der Waals surface area contributed by atoms with Crippen LogP contribution in [-0.2, 0) is 0 Å². The third-order valence-electron chi connectivity index (χ3n) is 3.38. The fourth-order valence-corrected chi connectivity index (χ4v) is 3.51. The molecule has 2 aromatic rings. The first kappa shape index (κ1) is 16.1. The standard InChI is InChI=1S/C17H17BrO2S/c1-11-8-9-13(17(20-3)12(11)2)15(19)10-21-16-7-5-4-6-14(16)18/h4-9H,10H2,1-3H3. The maximum atomic E-state index is 12.5. The Morgan fingerprint density at radius 1 is 1.19 bits per heavy atom. The molecule has 0 N–H and O–H groups in total. The summed E-state index contributed by atoms with van der Waals surface area (Å²) in [6.45, 7) is 3.99. The Kier molecular flexibility index (Phi) is 5.48. The van der Waals surface area contributed by atoms with Crippen molar-refractivity contribution in [2.75, 3.05) is 12.9 Å². The molecule has 0 spiro atoms. The zero-order valence-corrected chi connectivity index (χ0v) is 14.7. The van der Waals surface area contributed by atoms with Gasteiger partial charge in [0.2, 0.25) is 0 Å². The Balaban J connectivity index is 2.18. The number of aryl methyl sites for hydroxylation is 1.